The molecule has 1 rings (SSSR count). The van der Waals surface area contributed by atoms with E-state index in [9.17, 15) is 22.5 Å². The smallest absolute Gasteiger partial charge is 0.464 e. The first kappa shape index (κ1) is 20.7. The van der Waals surface area contributed by atoms with Crippen molar-refractivity contribution >= 4 is 24.5 Å². The number of rotatable bonds is 2. The zero-order valence-corrected chi connectivity index (χ0v) is 15.6. The van der Waals surface area contributed by atoms with Crippen molar-refractivity contribution in [2.75, 3.05) is 7.11 Å². The van der Waals surface area contributed by atoms with Gasteiger partial charge < -0.3 is 22.4 Å². The van der Waals surface area contributed by atoms with Gasteiger partial charge in [0, 0.05) is 0 Å². The molecule has 1 aromatic rings. The van der Waals surface area contributed by atoms with Gasteiger partial charge in [-0.1, -0.05) is 11.5 Å². The maximum absolute atomic E-state index is 12.7. The summed E-state index contributed by atoms with van der Waals surface area (Å²) in [4.78, 5) is 23.2. The summed E-state index contributed by atoms with van der Waals surface area (Å²) in [7, 11) is 1.01. The van der Waals surface area contributed by atoms with E-state index in [-0.39, 0.29) is 51.4 Å². The monoisotopic (exact) mass is 331 g/mol. The van der Waals surface area contributed by atoms with Crippen LogP contribution in [0.2, 0.25) is 0 Å². The predicted octanol–water partition coefficient (Wildman–Crippen LogP) is -0.884. The van der Waals surface area contributed by atoms with Crippen LogP contribution in [0, 0.1) is 0 Å². The number of carbonyl (C=O) groups excluding carboxylic acids is 2. The molecule has 1 aromatic heterocycles. The Balaban J connectivity index is 0.00000400. The Kier molecular flexibility index (Phi) is 7.22. The molecule has 0 N–H and O–H groups in total. The molecule has 0 radical (unpaired) electrons. The van der Waals surface area contributed by atoms with Crippen molar-refractivity contribution in [3.63, 3.8) is 0 Å². The second-order valence-electron chi connectivity index (χ2n) is 5.08. The van der Waals surface area contributed by atoms with Gasteiger partial charge in [0.2, 0.25) is 0 Å². The van der Waals surface area contributed by atoms with Gasteiger partial charge in [-0.05, 0) is 27.0 Å². The molecule has 10 heteroatoms. The van der Waals surface area contributed by atoms with E-state index < -0.39 is 35.8 Å². The Labute approximate surface area is 162 Å². The number of carbonyl (C=O) groups is 2. The molecule has 1 heterocycles. The first-order valence-corrected chi connectivity index (χ1v) is 5.69. The number of methoxy groups -OCH3 is 1. The number of hydrogen-bond donors (Lipinski definition) is 0. The van der Waals surface area contributed by atoms with Gasteiger partial charge in [-0.25, -0.2) is 14.2 Å². The largest absolute Gasteiger partial charge is 1.00 e. The van der Waals surface area contributed by atoms with Gasteiger partial charge in [0.15, 0.2) is 0 Å². The van der Waals surface area contributed by atoms with E-state index in [1.54, 1.807) is 20.8 Å². The molecule has 0 unspecified atom stereocenters. The summed E-state index contributed by atoms with van der Waals surface area (Å²) in [5.41, 5.74) is -2.51. The first-order valence-electron chi connectivity index (χ1n) is 5.69. The fraction of sp³-hybridized carbons (Fsp3) is 0.455. The van der Waals surface area contributed by atoms with Gasteiger partial charge in [-0.3, -0.25) is 0 Å². The molecule has 0 aliphatic rings. The SMILES string of the molecule is COC(=O)c1cc([B-](F)(F)F)cn1C(=O)OC(C)(C)C.[K+]. The molecular formula is C11H14BF3KNO4. The summed E-state index contributed by atoms with van der Waals surface area (Å²) >= 11 is 0. The van der Waals surface area contributed by atoms with Gasteiger partial charge in [0.1, 0.15) is 11.3 Å². The van der Waals surface area contributed by atoms with Crippen LogP contribution in [0.4, 0.5) is 17.7 Å². The van der Waals surface area contributed by atoms with Crippen molar-refractivity contribution < 1.29 is 83.4 Å². The Hall–Kier alpha value is -0.289. The number of hydrogen-bond acceptors (Lipinski definition) is 4. The van der Waals surface area contributed by atoms with Crippen molar-refractivity contribution in [2.45, 2.75) is 26.4 Å². The van der Waals surface area contributed by atoms with Crippen LogP contribution in [0.15, 0.2) is 12.3 Å². The molecule has 0 fully saturated rings. The van der Waals surface area contributed by atoms with Crippen LogP contribution in [0.3, 0.4) is 0 Å². The molecule has 0 aromatic carbocycles. The zero-order valence-electron chi connectivity index (χ0n) is 12.4. The van der Waals surface area contributed by atoms with Crippen LogP contribution < -0.4 is 56.8 Å². The fourth-order valence-electron chi connectivity index (χ4n) is 1.39. The van der Waals surface area contributed by atoms with Crippen molar-refractivity contribution in [3.8, 4) is 0 Å². The molecule has 0 atom stereocenters. The van der Waals surface area contributed by atoms with Gasteiger partial charge in [0.25, 0.3) is 0 Å². The van der Waals surface area contributed by atoms with E-state index >= 15 is 0 Å². The zero-order chi connectivity index (χ0) is 15.7. The van der Waals surface area contributed by atoms with Gasteiger partial charge in [0.05, 0.1) is 7.11 Å². The Morgan fingerprint density at radius 3 is 2.14 bits per heavy atom. The molecule has 0 aliphatic heterocycles. The Bertz CT molecular complexity index is 537. The topological polar surface area (TPSA) is 57.5 Å². The third-order valence-electron chi connectivity index (χ3n) is 2.20. The van der Waals surface area contributed by atoms with E-state index in [4.69, 9.17) is 4.74 Å². The third kappa shape index (κ3) is 5.78. The second kappa shape index (κ2) is 7.32. The molecule has 0 saturated heterocycles. The molecular weight excluding hydrogens is 317 g/mol. The maximum atomic E-state index is 12.7. The average Bonchev–Trinajstić information content (AvgIpc) is 2.69. The summed E-state index contributed by atoms with van der Waals surface area (Å²) in [5, 5.41) is 0. The van der Waals surface area contributed by atoms with Crippen molar-refractivity contribution in [1.29, 1.82) is 0 Å². The van der Waals surface area contributed by atoms with E-state index in [0.29, 0.717) is 16.8 Å². The summed E-state index contributed by atoms with van der Waals surface area (Å²) in [6.07, 6.45) is -0.551. The molecule has 0 amide bonds. The molecule has 112 valence electrons. The average molecular weight is 331 g/mol. The molecule has 0 aliphatic carbocycles. The predicted molar refractivity (Wildman–Crippen MR) is 66.1 cm³/mol. The molecule has 0 bridgehead atoms. The van der Waals surface area contributed by atoms with E-state index in [0.717, 1.165) is 7.11 Å². The molecule has 5 nitrogen and oxygen atoms in total. The minimum atomic E-state index is -5.34. The van der Waals surface area contributed by atoms with Crippen LogP contribution in [0.5, 0.6) is 0 Å². The quantitative estimate of drug-likeness (QED) is 0.522. The van der Waals surface area contributed by atoms with Gasteiger partial charge in [-0.2, -0.15) is 0 Å². The van der Waals surface area contributed by atoms with Crippen LogP contribution >= 0.6 is 0 Å². The number of esters is 1. The molecule has 0 saturated carbocycles. The number of ether oxygens (including phenoxy) is 2. The number of halogens is 3. The minimum absolute atomic E-state index is 0. The molecule has 21 heavy (non-hydrogen) atoms. The summed E-state index contributed by atoms with van der Waals surface area (Å²) in [6.45, 7) is -0.672. The van der Waals surface area contributed by atoms with Gasteiger partial charge >= 0.3 is 70.4 Å². The summed E-state index contributed by atoms with van der Waals surface area (Å²) < 4.78 is 47.9. The van der Waals surface area contributed by atoms with Crippen LogP contribution in [0.25, 0.3) is 0 Å². The third-order valence-corrected chi connectivity index (χ3v) is 2.20. The maximum Gasteiger partial charge on any atom is 1.00 e. The van der Waals surface area contributed by atoms with E-state index in [1.165, 1.54) is 0 Å². The normalized spacial score (nSPS) is 11.6. The van der Waals surface area contributed by atoms with Crippen molar-refractivity contribution in [1.82, 2.24) is 4.57 Å². The minimum Gasteiger partial charge on any atom is -0.464 e. The standard InChI is InChI=1S/C11H14BF3NO4.K/c1-11(2,3)20-10(18)16-6-7(12(13,14)15)5-8(16)9(17)19-4;/h5-6H,1-4H3;/q-1;+1. The summed E-state index contributed by atoms with van der Waals surface area (Å²) in [6, 6.07) is 0.565. The number of aromatic nitrogens is 1. The van der Waals surface area contributed by atoms with Gasteiger partial charge in [-0.15, -0.1) is 0 Å². The van der Waals surface area contributed by atoms with Crippen molar-refractivity contribution in [2.24, 2.45) is 0 Å². The van der Waals surface area contributed by atoms with Crippen LogP contribution in [-0.4, -0.2) is 36.3 Å². The Morgan fingerprint density at radius 1 is 1.24 bits per heavy atom. The van der Waals surface area contributed by atoms with Crippen LogP contribution in [-0.2, 0) is 9.47 Å². The Morgan fingerprint density at radius 2 is 1.76 bits per heavy atom. The van der Waals surface area contributed by atoms with E-state index in [2.05, 4.69) is 4.74 Å². The summed E-state index contributed by atoms with van der Waals surface area (Å²) in [5.74, 6) is -1.05. The van der Waals surface area contributed by atoms with Crippen LogP contribution in [0.1, 0.15) is 31.3 Å². The second-order valence-corrected chi connectivity index (χ2v) is 5.08. The van der Waals surface area contributed by atoms with Crippen molar-refractivity contribution in [3.05, 3.63) is 18.0 Å². The van der Waals surface area contributed by atoms with E-state index in [1.807, 2.05) is 0 Å². The number of nitrogens with zero attached hydrogens (tertiary/aromatic N) is 1. The molecule has 0 spiro atoms. The first-order chi connectivity index (χ1) is 8.95. The fourth-order valence-corrected chi connectivity index (χ4v) is 1.39.